The molecule has 1 heterocycles. The van der Waals surface area contributed by atoms with E-state index in [4.69, 9.17) is 17.3 Å². The molecule has 2 aromatic rings. The first-order valence-corrected chi connectivity index (χ1v) is 6.19. The van der Waals surface area contributed by atoms with Crippen LogP contribution in [-0.4, -0.2) is 4.98 Å². The topological polar surface area (TPSA) is 50.9 Å². The SMILES string of the molecule is Cc1cc(N)cnc1NC(C)c1ccccc1Cl. The Hall–Kier alpha value is -1.74. The van der Waals surface area contributed by atoms with Gasteiger partial charge in [-0.05, 0) is 37.1 Å². The zero-order chi connectivity index (χ0) is 13.1. The number of halogens is 1. The fraction of sp³-hybridized carbons (Fsp3) is 0.214. The van der Waals surface area contributed by atoms with Gasteiger partial charge in [-0.15, -0.1) is 0 Å². The summed E-state index contributed by atoms with van der Waals surface area (Å²) in [4.78, 5) is 4.29. The Balaban J connectivity index is 2.21. The van der Waals surface area contributed by atoms with Crippen molar-refractivity contribution in [3.05, 3.63) is 52.7 Å². The highest BCUT2D eigenvalue weighted by Gasteiger charge is 2.10. The summed E-state index contributed by atoms with van der Waals surface area (Å²) in [5.41, 5.74) is 8.43. The van der Waals surface area contributed by atoms with Crippen LogP contribution in [-0.2, 0) is 0 Å². The minimum Gasteiger partial charge on any atom is -0.397 e. The molecule has 0 amide bonds. The number of rotatable bonds is 3. The van der Waals surface area contributed by atoms with Crippen LogP contribution in [0.3, 0.4) is 0 Å². The first-order chi connectivity index (χ1) is 8.58. The predicted octanol–water partition coefficient (Wildman–Crippen LogP) is 3.80. The summed E-state index contributed by atoms with van der Waals surface area (Å²) in [5.74, 6) is 0.830. The maximum atomic E-state index is 6.17. The van der Waals surface area contributed by atoms with Crippen LogP contribution in [0.1, 0.15) is 24.1 Å². The fourth-order valence-electron chi connectivity index (χ4n) is 1.86. The lowest BCUT2D eigenvalue weighted by molar-refractivity contribution is 0.872. The normalized spacial score (nSPS) is 12.2. The van der Waals surface area contributed by atoms with Crippen molar-refractivity contribution in [1.82, 2.24) is 4.98 Å². The number of hydrogen-bond acceptors (Lipinski definition) is 3. The molecule has 0 radical (unpaired) electrons. The number of pyridine rings is 1. The van der Waals surface area contributed by atoms with E-state index in [1.54, 1.807) is 6.20 Å². The van der Waals surface area contributed by atoms with Crippen LogP contribution in [0.25, 0.3) is 0 Å². The molecular weight excluding hydrogens is 246 g/mol. The lowest BCUT2D eigenvalue weighted by atomic mass is 10.1. The summed E-state index contributed by atoms with van der Waals surface area (Å²) in [6, 6.07) is 9.78. The molecule has 0 aliphatic heterocycles. The van der Waals surface area contributed by atoms with Crippen LogP contribution in [0.5, 0.6) is 0 Å². The average Bonchev–Trinajstić information content (AvgIpc) is 2.33. The molecule has 1 atom stereocenters. The molecule has 3 N–H and O–H groups in total. The number of nitrogens with zero attached hydrogens (tertiary/aromatic N) is 1. The molecule has 3 nitrogen and oxygen atoms in total. The van der Waals surface area contributed by atoms with E-state index in [1.165, 1.54) is 0 Å². The minimum atomic E-state index is 0.0912. The fourth-order valence-corrected chi connectivity index (χ4v) is 2.16. The number of nitrogens with one attached hydrogen (secondary N) is 1. The molecule has 1 unspecified atom stereocenters. The van der Waals surface area contributed by atoms with Gasteiger partial charge in [-0.1, -0.05) is 29.8 Å². The number of nitrogens with two attached hydrogens (primary N) is 1. The van der Waals surface area contributed by atoms with E-state index in [1.807, 2.05) is 37.3 Å². The van der Waals surface area contributed by atoms with Crippen LogP contribution >= 0.6 is 11.6 Å². The Morgan fingerprint density at radius 3 is 2.72 bits per heavy atom. The minimum absolute atomic E-state index is 0.0912. The highest BCUT2D eigenvalue weighted by Crippen LogP contribution is 2.26. The molecule has 0 aliphatic carbocycles. The summed E-state index contributed by atoms with van der Waals surface area (Å²) in [7, 11) is 0. The van der Waals surface area contributed by atoms with Crippen molar-refractivity contribution in [3.8, 4) is 0 Å². The highest BCUT2D eigenvalue weighted by atomic mass is 35.5. The zero-order valence-electron chi connectivity index (χ0n) is 10.4. The van der Waals surface area contributed by atoms with E-state index >= 15 is 0 Å². The molecule has 0 bridgehead atoms. The molecule has 0 fully saturated rings. The maximum absolute atomic E-state index is 6.17. The maximum Gasteiger partial charge on any atom is 0.129 e. The van der Waals surface area contributed by atoms with E-state index in [2.05, 4.69) is 17.2 Å². The summed E-state index contributed by atoms with van der Waals surface area (Å²) >= 11 is 6.17. The summed E-state index contributed by atoms with van der Waals surface area (Å²) < 4.78 is 0. The van der Waals surface area contributed by atoms with Gasteiger partial charge in [-0.2, -0.15) is 0 Å². The molecule has 2 rings (SSSR count). The second-order valence-corrected chi connectivity index (χ2v) is 4.73. The Morgan fingerprint density at radius 1 is 1.33 bits per heavy atom. The van der Waals surface area contributed by atoms with Gasteiger partial charge in [-0.3, -0.25) is 0 Å². The second-order valence-electron chi connectivity index (χ2n) is 4.32. The standard InChI is InChI=1S/C14H16ClN3/c1-9-7-11(16)8-17-14(9)18-10(2)12-5-3-4-6-13(12)15/h3-8,10H,16H2,1-2H3,(H,17,18). The molecule has 4 heteroatoms. The molecule has 1 aromatic carbocycles. The Labute approximate surface area is 112 Å². The van der Waals surface area contributed by atoms with Crippen molar-refractivity contribution in [3.63, 3.8) is 0 Å². The Kier molecular flexibility index (Phi) is 3.72. The Bertz CT molecular complexity index is 554. The molecular formula is C14H16ClN3. The summed E-state index contributed by atoms with van der Waals surface area (Å²) in [6.07, 6.45) is 1.65. The Morgan fingerprint density at radius 2 is 2.06 bits per heavy atom. The van der Waals surface area contributed by atoms with Crippen molar-refractivity contribution >= 4 is 23.1 Å². The van der Waals surface area contributed by atoms with E-state index in [0.29, 0.717) is 5.69 Å². The number of aromatic nitrogens is 1. The molecule has 0 spiro atoms. The van der Waals surface area contributed by atoms with Gasteiger partial charge in [0.2, 0.25) is 0 Å². The molecule has 0 saturated carbocycles. The smallest absolute Gasteiger partial charge is 0.129 e. The molecule has 0 aliphatic rings. The molecule has 1 aromatic heterocycles. The van der Waals surface area contributed by atoms with E-state index in [-0.39, 0.29) is 6.04 Å². The van der Waals surface area contributed by atoms with E-state index in [0.717, 1.165) is 22.0 Å². The second kappa shape index (κ2) is 5.27. The third-order valence-corrected chi connectivity index (χ3v) is 3.17. The van der Waals surface area contributed by atoms with Crippen LogP contribution in [0.15, 0.2) is 36.5 Å². The lowest BCUT2D eigenvalue weighted by Gasteiger charge is -2.17. The van der Waals surface area contributed by atoms with Crippen molar-refractivity contribution in [1.29, 1.82) is 0 Å². The van der Waals surface area contributed by atoms with Gasteiger partial charge < -0.3 is 11.1 Å². The van der Waals surface area contributed by atoms with Crippen molar-refractivity contribution in [2.45, 2.75) is 19.9 Å². The van der Waals surface area contributed by atoms with Gasteiger partial charge in [0.05, 0.1) is 17.9 Å². The van der Waals surface area contributed by atoms with Gasteiger partial charge in [-0.25, -0.2) is 4.98 Å². The number of anilines is 2. The lowest BCUT2D eigenvalue weighted by Crippen LogP contribution is -2.09. The van der Waals surface area contributed by atoms with E-state index in [9.17, 15) is 0 Å². The van der Waals surface area contributed by atoms with Crippen LogP contribution in [0.4, 0.5) is 11.5 Å². The first kappa shape index (κ1) is 12.7. The van der Waals surface area contributed by atoms with Crippen molar-refractivity contribution < 1.29 is 0 Å². The molecule has 0 saturated heterocycles. The number of nitrogen functional groups attached to an aromatic ring is 1. The van der Waals surface area contributed by atoms with Gasteiger partial charge in [0, 0.05) is 5.02 Å². The van der Waals surface area contributed by atoms with Crippen LogP contribution in [0.2, 0.25) is 5.02 Å². The van der Waals surface area contributed by atoms with Crippen LogP contribution < -0.4 is 11.1 Å². The van der Waals surface area contributed by atoms with Crippen molar-refractivity contribution in [2.24, 2.45) is 0 Å². The van der Waals surface area contributed by atoms with Gasteiger partial charge >= 0.3 is 0 Å². The van der Waals surface area contributed by atoms with Crippen LogP contribution in [0, 0.1) is 6.92 Å². The third kappa shape index (κ3) is 2.74. The third-order valence-electron chi connectivity index (χ3n) is 2.82. The average molecular weight is 262 g/mol. The van der Waals surface area contributed by atoms with Gasteiger partial charge in [0.25, 0.3) is 0 Å². The molecule has 18 heavy (non-hydrogen) atoms. The zero-order valence-corrected chi connectivity index (χ0v) is 11.2. The van der Waals surface area contributed by atoms with E-state index < -0.39 is 0 Å². The number of benzene rings is 1. The summed E-state index contributed by atoms with van der Waals surface area (Å²) in [5, 5.41) is 4.10. The monoisotopic (exact) mass is 261 g/mol. The predicted molar refractivity (Wildman–Crippen MR) is 76.9 cm³/mol. The highest BCUT2D eigenvalue weighted by molar-refractivity contribution is 6.31. The largest absolute Gasteiger partial charge is 0.397 e. The number of hydrogen-bond donors (Lipinski definition) is 2. The van der Waals surface area contributed by atoms with Gasteiger partial charge in [0.15, 0.2) is 0 Å². The quantitative estimate of drug-likeness (QED) is 0.884. The van der Waals surface area contributed by atoms with Gasteiger partial charge in [0.1, 0.15) is 5.82 Å². The molecule has 94 valence electrons. The number of aryl methyl sites for hydroxylation is 1. The summed E-state index contributed by atoms with van der Waals surface area (Å²) in [6.45, 7) is 4.03. The first-order valence-electron chi connectivity index (χ1n) is 5.81. The van der Waals surface area contributed by atoms with Crippen molar-refractivity contribution in [2.75, 3.05) is 11.1 Å².